The number of carbonyl (C=O) groups excluding carboxylic acids is 2. The average molecular weight is 296 g/mol. The van der Waals surface area contributed by atoms with E-state index in [1.54, 1.807) is 0 Å². The lowest BCUT2D eigenvalue weighted by molar-refractivity contribution is -0.152. The molecule has 0 spiro atoms. The maximum atomic E-state index is 12.7. The molecule has 0 aliphatic carbocycles. The summed E-state index contributed by atoms with van der Waals surface area (Å²) in [5, 5.41) is 0. The van der Waals surface area contributed by atoms with Gasteiger partial charge in [0.05, 0.1) is 18.1 Å². The summed E-state index contributed by atoms with van der Waals surface area (Å²) < 4.78 is 5.67. The molecule has 21 heavy (non-hydrogen) atoms. The van der Waals surface area contributed by atoms with Gasteiger partial charge in [0.15, 0.2) is 0 Å². The molecule has 1 unspecified atom stereocenters. The van der Waals surface area contributed by atoms with E-state index < -0.39 is 0 Å². The molecule has 2 aliphatic rings. The molecule has 120 valence electrons. The topological polar surface area (TPSA) is 49.9 Å². The van der Waals surface area contributed by atoms with Crippen molar-refractivity contribution in [3.05, 3.63) is 0 Å². The van der Waals surface area contributed by atoms with Gasteiger partial charge in [-0.05, 0) is 33.1 Å². The molecule has 0 aromatic heterocycles. The van der Waals surface area contributed by atoms with Crippen molar-refractivity contribution in [2.75, 3.05) is 32.8 Å². The fourth-order valence-corrected chi connectivity index (χ4v) is 3.24. The normalized spacial score (nSPS) is 25.8. The third-order valence-corrected chi connectivity index (χ3v) is 4.32. The third kappa shape index (κ3) is 4.19. The Morgan fingerprint density at radius 2 is 2.00 bits per heavy atom. The number of nitrogens with zero attached hydrogens (tertiary/aromatic N) is 2. The Balaban J connectivity index is 1.94. The summed E-state index contributed by atoms with van der Waals surface area (Å²) in [5.74, 6) is 0.353. The van der Waals surface area contributed by atoms with Crippen molar-refractivity contribution in [3.63, 3.8) is 0 Å². The summed E-state index contributed by atoms with van der Waals surface area (Å²) >= 11 is 0. The van der Waals surface area contributed by atoms with E-state index in [-0.39, 0.29) is 23.3 Å². The minimum Gasteiger partial charge on any atom is -0.372 e. The number of carbonyl (C=O) groups is 2. The van der Waals surface area contributed by atoms with Crippen LogP contribution in [0.1, 0.15) is 46.5 Å². The quantitative estimate of drug-likeness (QED) is 0.796. The van der Waals surface area contributed by atoms with Gasteiger partial charge in [-0.2, -0.15) is 0 Å². The fraction of sp³-hybridized carbons (Fsp3) is 0.875. The van der Waals surface area contributed by atoms with Gasteiger partial charge in [0, 0.05) is 32.6 Å². The average Bonchev–Trinajstić information content (AvgIpc) is 2.46. The highest BCUT2D eigenvalue weighted by Crippen LogP contribution is 2.23. The summed E-state index contributed by atoms with van der Waals surface area (Å²) in [7, 11) is 0. The van der Waals surface area contributed by atoms with Gasteiger partial charge in [0.1, 0.15) is 0 Å². The lowest BCUT2D eigenvalue weighted by atomic mass is 9.95. The Kier molecular flexibility index (Phi) is 5.25. The van der Waals surface area contributed by atoms with Crippen LogP contribution in [0.4, 0.5) is 0 Å². The molecule has 0 N–H and O–H groups in total. The van der Waals surface area contributed by atoms with Crippen LogP contribution in [-0.4, -0.2) is 60.0 Å². The lowest BCUT2D eigenvalue weighted by Crippen LogP contribution is -2.54. The van der Waals surface area contributed by atoms with E-state index in [0.29, 0.717) is 32.7 Å². The fourth-order valence-electron chi connectivity index (χ4n) is 3.24. The maximum absolute atomic E-state index is 12.7. The second-order valence-electron chi connectivity index (χ2n) is 6.80. The van der Waals surface area contributed by atoms with E-state index in [1.807, 2.05) is 30.6 Å². The van der Waals surface area contributed by atoms with Crippen LogP contribution in [0.15, 0.2) is 0 Å². The largest absolute Gasteiger partial charge is 0.372 e. The van der Waals surface area contributed by atoms with E-state index in [9.17, 15) is 9.59 Å². The Labute approximate surface area is 127 Å². The predicted octanol–water partition coefficient (Wildman–Crippen LogP) is 1.66. The number of amides is 2. The van der Waals surface area contributed by atoms with Crippen LogP contribution in [0, 0.1) is 5.92 Å². The molecule has 2 rings (SSSR count). The van der Waals surface area contributed by atoms with Crippen molar-refractivity contribution in [2.45, 2.75) is 52.1 Å². The molecule has 0 radical (unpaired) electrons. The van der Waals surface area contributed by atoms with Gasteiger partial charge in [0.25, 0.3) is 0 Å². The van der Waals surface area contributed by atoms with Gasteiger partial charge in [0.2, 0.25) is 11.8 Å². The number of hydrogen-bond donors (Lipinski definition) is 0. The Morgan fingerprint density at radius 3 is 2.67 bits per heavy atom. The second kappa shape index (κ2) is 6.77. The zero-order chi connectivity index (χ0) is 15.5. The molecule has 2 amide bonds. The number of ether oxygens (including phenoxy) is 1. The molecule has 1 atom stereocenters. The number of piperidine rings is 1. The highest BCUT2D eigenvalue weighted by atomic mass is 16.5. The van der Waals surface area contributed by atoms with E-state index in [2.05, 4.69) is 0 Å². The van der Waals surface area contributed by atoms with Crippen molar-refractivity contribution >= 4 is 11.8 Å². The number of hydrogen-bond acceptors (Lipinski definition) is 3. The standard InChI is InChI=1S/C16H28N2O3/c1-4-6-14(19)17-8-5-7-13(11-17)15(20)18-9-10-21-16(2,3)12-18/h13H,4-12H2,1-3H3. The highest BCUT2D eigenvalue weighted by molar-refractivity contribution is 5.81. The molecule has 5 heteroatoms. The first-order valence-corrected chi connectivity index (χ1v) is 8.13. The van der Waals surface area contributed by atoms with Crippen molar-refractivity contribution in [1.29, 1.82) is 0 Å². The first kappa shape index (κ1) is 16.3. The smallest absolute Gasteiger partial charge is 0.227 e. The van der Waals surface area contributed by atoms with Crippen LogP contribution in [0.3, 0.4) is 0 Å². The van der Waals surface area contributed by atoms with E-state index in [1.165, 1.54) is 0 Å². The predicted molar refractivity (Wildman–Crippen MR) is 80.8 cm³/mol. The summed E-state index contributed by atoms with van der Waals surface area (Å²) in [6.07, 6.45) is 3.28. The van der Waals surface area contributed by atoms with Crippen LogP contribution in [-0.2, 0) is 14.3 Å². The van der Waals surface area contributed by atoms with Crippen molar-refractivity contribution in [2.24, 2.45) is 5.92 Å². The van der Waals surface area contributed by atoms with Crippen molar-refractivity contribution < 1.29 is 14.3 Å². The Hall–Kier alpha value is -1.10. The minimum absolute atomic E-state index is 0.0338. The molecule has 5 nitrogen and oxygen atoms in total. The van der Waals surface area contributed by atoms with Gasteiger partial charge in [-0.1, -0.05) is 6.92 Å². The number of morpholine rings is 1. The van der Waals surface area contributed by atoms with Crippen molar-refractivity contribution in [3.8, 4) is 0 Å². The molecule has 2 heterocycles. The monoisotopic (exact) mass is 296 g/mol. The molecular weight excluding hydrogens is 268 g/mol. The lowest BCUT2D eigenvalue weighted by Gasteiger charge is -2.41. The molecule has 2 saturated heterocycles. The number of likely N-dealkylation sites (tertiary alicyclic amines) is 1. The summed E-state index contributed by atoms with van der Waals surface area (Å²) in [4.78, 5) is 28.5. The zero-order valence-electron chi connectivity index (χ0n) is 13.6. The van der Waals surface area contributed by atoms with Gasteiger partial charge in [-0.15, -0.1) is 0 Å². The molecule has 0 bridgehead atoms. The highest BCUT2D eigenvalue weighted by Gasteiger charge is 2.35. The molecular formula is C16H28N2O3. The minimum atomic E-state index is -0.264. The third-order valence-electron chi connectivity index (χ3n) is 4.32. The molecule has 0 aromatic rings. The van der Waals surface area contributed by atoms with E-state index >= 15 is 0 Å². The van der Waals surface area contributed by atoms with Crippen LogP contribution in [0.5, 0.6) is 0 Å². The molecule has 0 aromatic carbocycles. The van der Waals surface area contributed by atoms with Crippen LogP contribution < -0.4 is 0 Å². The summed E-state index contributed by atoms with van der Waals surface area (Å²) in [6.45, 7) is 9.36. The SMILES string of the molecule is CCCC(=O)N1CCCC(C(=O)N2CCOC(C)(C)C2)C1. The number of rotatable bonds is 3. The van der Waals surface area contributed by atoms with Crippen LogP contribution in [0.25, 0.3) is 0 Å². The first-order valence-electron chi connectivity index (χ1n) is 8.13. The maximum Gasteiger partial charge on any atom is 0.227 e. The van der Waals surface area contributed by atoms with E-state index in [4.69, 9.17) is 4.74 Å². The van der Waals surface area contributed by atoms with Crippen LogP contribution >= 0.6 is 0 Å². The summed E-state index contributed by atoms with van der Waals surface area (Å²) in [5.41, 5.74) is -0.264. The Bertz CT molecular complexity index is 395. The summed E-state index contributed by atoms with van der Waals surface area (Å²) in [6, 6.07) is 0. The molecule has 2 aliphatic heterocycles. The van der Waals surface area contributed by atoms with Crippen LogP contribution in [0.2, 0.25) is 0 Å². The van der Waals surface area contributed by atoms with E-state index in [0.717, 1.165) is 25.8 Å². The van der Waals surface area contributed by atoms with Gasteiger partial charge in [-0.3, -0.25) is 9.59 Å². The molecule has 0 saturated carbocycles. The van der Waals surface area contributed by atoms with Crippen molar-refractivity contribution in [1.82, 2.24) is 9.80 Å². The molecule has 2 fully saturated rings. The van der Waals surface area contributed by atoms with Gasteiger partial charge >= 0.3 is 0 Å². The first-order chi connectivity index (χ1) is 9.93. The Morgan fingerprint density at radius 1 is 1.24 bits per heavy atom. The zero-order valence-corrected chi connectivity index (χ0v) is 13.6. The van der Waals surface area contributed by atoms with Gasteiger partial charge in [-0.25, -0.2) is 0 Å². The van der Waals surface area contributed by atoms with Gasteiger partial charge < -0.3 is 14.5 Å². The second-order valence-corrected chi connectivity index (χ2v) is 6.80.